The number of hydrogen-bond donors (Lipinski definition) is 6. The number of thiazole rings is 1. The summed E-state index contributed by atoms with van der Waals surface area (Å²) in [5.74, 6) is -3.33. The lowest BCUT2D eigenvalue weighted by atomic mass is 10.0. The maximum absolute atomic E-state index is 13.2. The SMILES string of the molecule is C[C@@H](O/N=C(\C(=O)NC1C(=O)N2C(C(=O)O)=C(CSc3nc(N)cc4n3nc(N)[n+]4C)CS[C@H]12)c1csc(N)n1)C(=O)O. The van der Waals surface area contributed by atoms with Crippen LogP contribution in [-0.4, -0.2) is 93.2 Å². The fourth-order valence-corrected chi connectivity index (χ4v) is 7.12. The van der Waals surface area contributed by atoms with Gasteiger partial charge >= 0.3 is 17.9 Å². The summed E-state index contributed by atoms with van der Waals surface area (Å²) in [6.45, 7) is 1.22. The van der Waals surface area contributed by atoms with Crippen LogP contribution in [0.5, 0.6) is 0 Å². The van der Waals surface area contributed by atoms with E-state index in [4.69, 9.17) is 27.1 Å². The number of carboxylic acid groups (broad SMARTS) is 2. The van der Waals surface area contributed by atoms with E-state index in [-0.39, 0.29) is 39.8 Å². The second-order valence-electron chi connectivity index (χ2n) is 9.15. The number of fused-ring (bicyclic) bond motifs is 2. The van der Waals surface area contributed by atoms with Crippen LogP contribution in [-0.2, 0) is 31.1 Å². The third kappa shape index (κ3) is 5.60. The number of nitrogens with zero attached hydrogens (tertiary/aromatic N) is 7. The summed E-state index contributed by atoms with van der Waals surface area (Å²) in [7, 11) is 1.71. The Bertz CT molecular complexity index is 1740. The fraction of sp³-hybridized carbons (Fsp3) is 0.318. The van der Waals surface area contributed by atoms with Gasteiger partial charge in [-0.2, -0.15) is 4.98 Å². The van der Waals surface area contributed by atoms with Crippen LogP contribution in [0, 0.1) is 0 Å². The quantitative estimate of drug-likeness (QED) is 0.0363. The van der Waals surface area contributed by atoms with Gasteiger partial charge in [-0.1, -0.05) is 21.4 Å². The third-order valence-corrected chi connectivity index (χ3v) is 9.36. The average molecular weight is 651 g/mol. The number of carbonyl (C=O) groups excluding carboxylic acids is 2. The topological polar surface area (TPSA) is 271 Å². The number of hydrogen-bond acceptors (Lipinski definition) is 15. The molecule has 1 saturated heterocycles. The lowest BCUT2D eigenvalue weighted by molar-refractivity contribution is -0.631. The van der Waals surface area contributed by atoms with E-state index < -0.39 is 47.0 Å². The first kappa shape index (κ1) is 29.8. The van der Waals surface area contributed by atoms with Gasteiger partial charge in [0.1, 0.15) is 28.6 Å². The van der Waals surface area contributed by atoms with E-state index in [1.54, 1.807) is 17.7 Å². The Kier molecular flexibility index (Phi) is 8.03. The number of carbonyl (C=O) groups is 4. The Morgan fingerprint density at radius 1 is 1.30 bits per heavy atom. The van der Waals surface area contributed by atoms with E-state index >= 15 is 0 Å². The largest absolute Gasteiger partial charge is 0.478 e. The van der Waals surface area contributed by atoms with Crippen molar-refractivity contribution in [3.8, 4) is 0 Å². The molecule has 2 amide bonds. The number of rotatable bonds is 10. The molecule has 43 heavy (non-hydrogen) atoms. The number of nitrogen functional groups attached to an aromatic ring is 3. The number of amides is 2. The molecule has 2 aliphatic rings. The number of anilines is 3. The predicted octanol–water partition coefficient (Wildman–Crippen LogP) is -1.52. The van der Waals surface area contributed by atoms with Gasteiger partial charge in [0.05, 0.1) is 7.05 Å². The fourth-order valence-electron chi connectivity index (χ4n) is 4.13. The van der Waals surface area contributed by atoms with Crippen LogP contribution in [0.1, 0.15) is 12.6 Å². The minimum absolute atomic E-state index is 0.0137. The van der Waals surface area contributed by atoms with Crippen LogP contribution in [0.3, 0.4) is 0 Å². The van der Waals surface area contributed by atoms with Crippen molar-refractivity contribution in [2.45, 2.75) is 29.6 Å². The molecule has 0 bridgehead atoms. The smallest absolute Gasteiger partial charge is 0.376 e. The summed E-state index contributed by atoms with van der Waals surface area (Å²) in [6.07, 6.45) is -1.37. The van der Waals surface area contributed by atoms with E-state index in [2.05, 4.69) is 25.5 Å². The van der Waals surface area contributed by atoms with Gasteiger partial charge in [0, 0.05) is 28.1 Å². The molecule has 3 aromatic heterocycles. The van der Waals surface area contributed by atoms with Crippen molar-refractivity contribution >= 4 is 86.9 Å². The standard InChI is InChI=1S/C22H23N11O7S3/c1-7(18(36)37)40-30-12(9-6-42-21(25)26-9)15(34)28-13-16(35)32-14(19(38)39)8(4-41-17(13)32)5-43-22-27-10(23)3-11-31(2)20(24)29-33(11)22/h3,6-7,13,17,23H,4-5H2,1-2H3,(H7,24,25,26,28,29,34,36,37,38,39)/p+1/b30-12-/t7-,13?,17-/m1/s1. The summed E-state index contributed by atoms with van der Waals surface area (Å²) in [5.41, 5.74) is 18.0. The Morgan fingerprint density at radius 3 is 2.70 bits per heavy atom. The Balaban J connectivity index is 1.34. The Morgan fingerprint density at radius 2 is 2.05 bits per heavy atom. The number of nitrogens with two attached hydrogens (primary N) is 3. The van der Waals surface area contributed by atoms with Crippen LogP contribution < -0.4 is 27.1 Å². The van der Waals surface area contributed by atoms with Gasteiger partial charge in [-0.15, -0.1) is 23.1 Å². The zero-order valence-corrected chi connectivity index (χ0v) is 24.8. The molecule has 0 saturated carbocycles. The summed E-state index contributed by atoms with van der Waals surface area (Å²) >= 11 is 3.45. The molecule has 0 radical (unpaired) electrons. The number of nitrogens with one attached hydrogen (secondary N) is 1. The monoisotopic (exact) mass is 650 g/mol. The summed E-state index contributed by atoms with van der Waals surface area (Å²) in [5, 5.41) is 30.7. The average Bonchev–Trinajstić information content (AvgIpc) is 3.51. The zero-order chi connectivity index (χ0) is 31.2. The first-order valence-electron chi connectivity index (χ1n) is 12.2. The van der Waals surface area contributed by atoms with Crippen molar-refractivity contribution < 1.29 is 38.8 Å². The molecule has 5 rings (SSSR count). The normalized spacial score (nSPS) is 19.2. The van der Waals surface area contributed by atoms with Crippen LogP contribution in [0.4, 0.5) is 16.9 Å². The van der Waals surface area contributed by atoms with Gasteiger partial charge < -0.3 is 37.6 Å². The highest BCUT2D eigenvalue weighted by Gasteiger charge is 2.54. The van der Waals surface area contributed by atoms with Crippen LogP contribution in [0.15, 0.2) is 33.0 Å². The minimum atomic E-state index is -1.37. The molecule has 226 valence electrons. The lowest BCUT2D eigenvalue weighted by Gasteiger charge is -2.49. The van der Waals surface area contributed by atoms with Gasteiger partial charge in [-0.3, -0.25) is 14.5 Å². The van der Waals surface area contributed by atoms with Crippen molar-refractivity contribution in [3.05, 3.63) is 28.4 Å². The van der Waals surface area contributed by atoms with Crippen molar-refractivity contribution in [2.24, 2.45) is 12.2 Å². The molecule has 0 aliphatic carbocycles. The first-order valence-corrected chi connectivity index (χ1v) is 15.1. The molecular formula is C22H24N11O7S3+. The highest BCUT2D eigenvalue weighted by Crippen LogP contribution is 2.41. The first-order chi connectivity index (χ1) is 20.4. The second kappa shape index (κ2) is 11.6. The maximum Gasteiger partial charge on any atom is 0.376 e. The van der Waals surface area contributed by atoms with E-state index in [9.17, 15) is 24.3 Å². The van der Waals surface area contributed by atoms with Gasteiger partial charge in [-0.25, -0.2) is 19.1 Å². The number of β-lactam (4-membered cyclic amide) rings is 1. The molecule has 9 N–H and O–H groups in total. The number of aromatic nitrogens is 5. The Labute approximate surface area is 253 Å². The number of carboxylic acids is 2. The second-order valence-corrected chi connectivity index (χ2v) is 12.1. The zero-order valence-electron chi connectivity index (χ0n) is 22.3. The highest BCUT2D eigenvalue weighted by molar-refractivity contribution is 8.01. The molecule has 3 aromatic rings. The Hall–Kier alpha value is -4.63. The summed E-state index contributed by atoms with van der Waals surface area (Å²) < 4.78 is 3.11. The molecule has 21 heteroatoms. The highest BCUT2D eigenvalue weighted by atomic mass is 32.2. The van der Waals surface area contributed by atoms with Crippen molar-refractivity contribution in [1.82, 2.24) is 29.8 Å². The predicted molar refractivity (Wildman–Crippen MR) is 155 cm³/mol. The molecule has 0 aromatic carbocycles. The van der Waals surface area contributed by atoms with E-state index in [0.29, 0.717) is 16.4 Å². The lowest BCUT2D eigenvalue weighted by Crippen LogP contribution is -2.71. The van der Waals surface area contributed by atoms with Crippen LogP contribution in [0.25, 0.3) is 5.65 Å². The summed E-state index contributed by atoms with van der Waals surface area (Å²) in [6, 6.07) is 0.503. The van der Waals surface area contributed by atoms with Crippen molar-refractivity contribution in [3.63, 3.8) is 0 Å². The molecule has 5 heterocycles. The van der Waals surface area contributed by atoms with E-state index in [1.807, 2.05) is 0 Å². The molecule has 2 aliphatic heterocycles. The summed E-state index contributed by atoms with van der Waals surface area (Å²) in [4.78, 5) is 64.1. The molecule has 0 spiro atoms. The molecule has 1 fully saturated rings. The third-order valence-electron chi connectivity index (χ3n) is 6.33. The minimum Gasteiger partial charge on any atom is -0.478 e. The van der Waals surface area contributed by atoms with Gasteiger partial charge in [0.25, 0.3) is 11.8 Å². The number of oxime groups is 1. The number of aryl methyl sites for hydroxylation is 1. The molecular weight excluding hydrogens is 627 g/mol. The molecule has 3 atom stereocenters. The van der Waals surface area contributed by atoms with E-state index in [0.717, 1.165) is 16.2 Å². The van der Waals surface area contributed by atoms with Crippen LogP contribution in [0.2, 0.25) is 0 Å². The van der Waals surface area contributed by atoms with Gasteiger partial charge in [0.15, 0.2) is 10.8 Å². The van der Waals surface area contributed by atoms with E-state index in [1.165, 1.54) is 40.3 Å². The maximum atomic E-state index is 13.2. The molecule has 18 nitrogen and oxygen atoms in total. The number of aliphatic carboxylic acids is 2. The van der Waals surface area contributed by atoms with Crippen molar-refractivity contribution in [1.29, 1.82) is 0 Å². The van der Waals surface area contributed by atoms with Gasteiger partial charge in [-0.05, 0) is 12.5 Å². The van der Waals surface area contributed by atoms with Crippen molar-refractivity contribution in [2.75, 3.05) is 28.7 Å². The number of thioether (sulfide) groups is 2. The van der Waals surface area contributed by atoms with Gasteiger partial charge in [0.2, 0.25) is 16.9 Å². The van der Waals surface area contributed by atoms with Crippen LogP contribution >= 0.6 is 34.9 Å². The molecule has 1 unspecified atom stereocenters.